The summed E-state index contributed by atoms with van der Waals surface area (Å²) < 4.78 is 28.5. The van der Waals surface area contributed by atoms with Gasteiger partial charge in [0.2, 0.25) is 15.9 Å². The van der Waals surface area contributed by atoms with Gasteiger partial charge >= 0.3 is 0 Å². The zero-order chi connectivity index (χ0) is 23.3. The van der Waals surface area contributed by atoms with Crippen LogP contribution in [0.4, 0.5) is 0 Å². The van der Waals surface area contributed by atoms with Crippen molar-refractivity contribution in [3.63, 3.8) is 0 Å². The van der Waals surface area contributed by atoms with Crippen LogP contribution >= 0.6 is 0 Å². The molecule has 0 unspecified atom stereocenters. The molecule has 172 valence electrons. The van der Waals surface area contributed by atoms with Crippen LogP contribution in [0.1, 0.15) is 41.1 Å². The molecule has 4 rings (SSSR count). The van der Waals surface area contributed by atoms with Crippen LogP contribution in [0.25, 0.3) is 0 Å². The van der Waals surface area contributed by atoms with Crippen molar-refractivity contribution in [3.8, 4) is 0 Å². The van der Waals surface area contributed by atoms with Crippen molar-refractivity contribution in [1.29, 1.82) is 0 Å². The minimum Gasteiger partial charge on any atom is -0.356 e. The molecule has 0 radical (unpaired) electrons. The van der Waals surface area contributed by atoms with Crippen LogP contribution in [0.3, 0.4) is 0 Å². The van der Waals surface area contributed by atoms with E-state index in [1.165, 1.54) is 9.87 Å². The van der Waals surface area contributed by atoms with Crippen LogP contribution in [0.2, 0.25) is 0 Å². The van der Waals surface area contributed by atoms with E-state index in [1.54, 1.807) is 24.3 Å². The fourth-order valence-corrected chi connectivity index (χ4v) is 5.99. The first kappa shape index (κ1) is 23.2. The number of nitrogens with zero attached hydrogens (tertiary/aromatic N) is 1. The van der Waals surface area contributed by atoms with Crippen molar-refractivity contribution in [3.05, 3.63) is 101 Å². The second-order valence-corrected chi connectivity index (χ2v) is 10.4. The highest BCUT2D eigenvalue weighted by molar-refractivity contribution is 7.89. The average molecular weight is 463 g/mol. The summed E-state index contributed by atoms with van der Waals surface area (Å²) in [6.45, 7) is 2.85. The van der Waals surface area contributed by atoms with E-state index in [-0.39, 0.29) is 17.2 Å². The van der Waals surface area contributed by atoms with Gasteiger partial charge in [-0.3, -0.25) is 4.79 Å². The quantitative estimate of drug-likeness (QED) is 0.504. The van der Waals surface area contributed by atoms with Crippen LogP contribution in [0.15, 0.2) is 83.8 Å². The van der Waals surface area contributed by atoms with Gasteiger partial charge in [-0.15, -0.1) is 0 Å². The Balaban J connectivity index is 1.48. The summed E-state index contributed by atoms with van der Waals surface area (Å²) in [5, 5.41) is 2.99. The lowest BCUT2D eigenvalue weighted by atomic mass is 9.92. The number of aryl methyl sites for hydroxylation is 2. The number of carbonyl (C=O) groups is 1. The lowest BCUT2D eigenvalue weighted by Gasteiger charge is -2.36. The first-order valence-corrected chi connectivity index (χ1v) is 12.9. The van der Waals surface area contributed by atoms with Crippen molar-refractivity contribution < 1.29 is 13.2 Å². The standard InChI is InChI=1S/C27H30N2O3S/c1-21-13-15-24(16-14-21)33(31,32)29-19-17-23-11-5-6-12-25(23)26(29)20-27(30)28-18-7-10-22-8-3-2-4-9-22/h2-6,8-9,11-16,26H,7,10,17-20H2,1H3,(H,28,30)/t26-/m1/s1. The monoisotopic (exact) mass is 462 g/mol. The summed E-state index contributed by atoms with van der Waals surface area (Å²) in [6.07, 6.45) is 2.47. The lowest BCUT2D eigenvalue weighted by Crippen LogP contribution is -2.42. The van der Waals surface area contributed by atoms with E-state index < -0.39 is 16.1 Å². The third-order valence-corrected chi connectivity index (χ3v) is 8.10. The van der Waals surface area contributed by atoms with E-state index in [4.69, 9.17) is 0 Å². The average Bonchev–Trinajstić information content (AvgIpc) is 2.83. The van der Waals surface area contributed by atoms with Gasteiger partial charge < -0.3 is 5.32 Å². The highest BCUT2D eigenvalue weighted by Crippen LogP contribution is 2.36. The van der Waals surface area contributed by atoms with Crippen LogP contribution in [-0.2, 0) is 27.7 Å². The SMILES string of the molecule is Cc1ccc(S(=O)(=O)N2CCc3ccccc3[C@H]2CC(=O)NCCCc2ccccc2)cc1. The molecule has 1 aliphatic rings. The van der Waals surface area contributed by atoms with Gasteiger partial charge in [-0.05, 0) is 55.0 Å². The molecule has 0 aromatic heterocycles. The van der Waals surface area contributed by atoms with Crippen molar-refractivity contribution in [2.75, 3.05) is 13.1 Å². The zero-order valence-electron chi connectivity index (χ0n) is 18.9. The number of fused-ring (bicyclic) bond motifs is 1. The molecule has 1 N–H and O–H groups in total. The minimum atomic E-state index is -3.72. The summed E-state index contributed by atoms with van der Waals surface area (Å²) >= 11 is 0. The summed E-state index contributed by atoms with van der Waals surface area (Å²) in [5.74, 6) is -0.131. The number of carbonyl (C=O) groups excluding carboxylic acids is 1. The molecule has 33 heavy (non-hydrogen) atoms. The Morgan fingerprint density at radius 2 is 1.67 bits per heavy atom. The molecule has 1 atom stereocenters. The number of benzene rings is 3. The third kappa shape index (κ3) is 5.52. The van der Waals surface area contributed by atoms with Gasteiger partial charge in [0.1, 0.15) is 0 Å². The summed E-state index contributed by atoms with van der Waals surface area (Å²) in [4.78, 5) is 13.1. The van der Waals surface area contributed by atoms with Gasteiger partial charge in [-0.1, -0.05) is 72.3 Å². The number of hydrogen-bond donors (Lipinski definition) is 1. The highest BCUT2D eigenvalue weighted by Gasteiger charge is 2.37. The van der Waals surface area contributed by atoms with Crippen molar-refractivity contribution >= 4 is 15.9 Å². The normalized spacial score (nSPS) is 16.2. The van der Waals surface area contributed by atoms with Crippen LogP contribution in [0.5, 0.6) is 0 Å². The Labute approximate surface area is 196 Å². The fraction of sp³-hybridized carbons (Fsp3) is 0.296. The van der Waals surface area contributed by atoms with Gasteiger partial charge in [0.05, 0.1) is 10.9 Å². The molecule has 0 saturated heterocycles. The summed E-state index contributed by atoms with van der Waals surface area (Å²) in [6, 6.07) is 24.4. The van der Waals surface area contributed by atoms with E-state index in [1.807, 2.05) is 49.4 Å². The number of sulfonamides is 1. The largest absolute Gasteiger partial charge is 0.356 e. The van der Waals surface area contributed by atoms with E-state index in [0.29, 0.717) is 19.5 Å². The first-order valence-electron chi connectivity index (χ1n) is 11.4. The van der Waals surface area contributed by atoms with Crippen molar-refractivity contribution in [2.45, 2.75) is 43.5 Å². The highest BCUT2D eigenvalue weighted by atomic mass is 32.2. The van der Waals surface area contributed by atoms with E-state index >= 15 is 0 Å². The number of hydrogen-bond acceptors (Lipinski definition) is 3. The maximum Gasteiger partial charge on any atom is 0.243 e. The summed E-state index contributed by atoms with van der Waals surface area (Å²) in [7, 11) is -3.72. The topological polar surface area (TPSA) is 66.5 Å². The van der Waals surface area contributed by atoms with Crippen LogP contribution in [0, 0.1) is 6.92 Å². The van der Waals surface area contributed by atoms with Gasteiger partial charge in [0.25, 0.3) is 0 Å². The molecule has 0 fully saturated rings. The molecular weight excluding hydrogens is 432 g/mol. The number of rotatable bonds is 8. The second kappa shape index (κ2) is 10.3. The van der Waals surface area contributed by atoms with Gasteiger partial charge in [0, 0.05) is 19.5 Å². The lowest BCUT2D eigenvalue weighted by molar-refractivity contribution is -0.122. The molecular formula is C27H30N2O3S. The molecule has 3 aromatic carbocycles. The fourth-order valence-electron chi connectivity index (χ4n) is 4.39. The Hall–Kier alpha value is -2.96. The Bertz CT molecular complexity index is 1190. The van der Waals surface area contributed by atoms with Crippen molar-refractivity contribution in [1.82, 2.24) is 9.62 Å². The molecule has 0 saturated carbocycles. The Morgan fingerprint density at radius 3 is 2.42 bits per heavy atom. The van der Waals surface area contributed by atoms with Gasteiger partial charge in [0.15, 0.2) is 0 Å². The maximum atomic E-state index is 13.5. The smallest absolute Gasteiger partial charge is 0.243 e. The van der Waals surface area contributed by atoms with E-state index in [0.717, 1.165) is 29.5 Å². The minimum absolute atomic E-state index is 0.105. The molecule has 1 aliphatic heterocycles. The molecule has 0 bridgehead atoms. The third-order valence-electron chi connectivity index (χ3n) is 6.18. The Kier molecular flexibility index (Phi) is 7.26. The predicted octanol–water partition coefficient (Wildman–Crippen LogP) is 4.42. The Morgan fingerprint density at radius 1 is 0.970 bits per heavy atom. The molecule has 3 aromatic rings. The second-order valence-electron chi connectivity index (χ2n) is 8.54. The van der Waals surface area contributed by atoms with Crippen LogP contribution < -0.4 is 5.32 Å². The van der Waals surface area contributed by atoms with Crippen molar-refractivity contribution in [2.24, 2.45) is 0 Å². The predicted molar refractivity (Wildman–Crippen MR) is 130 cm³/mol. The van der Waals surface area contributed by atoms with Gasteiger partial charge in [-0.2, -0.15) is 4.31 Å². The molecule has 0 spiro atoms. The molecule has 1 amide bonds. The first-order chi connectivity index (χ1) is 15.9. The van der Waals surface area contributed by atoms with Gasteiger partial charge in [-0.25, -0.2) is 8.42 Å². The molecule has 5 nitrogen and oxygen atoms in total. The number of nitrogens with one attached hydrogen (secondary N) is 1. The molecule has 1 heterocycles. The van der Waals surface area contributed by atoms with Crippen LogP contribution in [-0.4, -0.2) is 31.7 Å². The molecule has 6 heteroatoms. The van der Waals surface area contributed by atoms with E-state index in [2.05, 4.69) is 17.4 Å². The number of amides is 1. The zero-order valence-corrected chi connectivity index (χ0v) is 19.7. The maximum absolute atomic E-state index is 13.5. The molecule has 0 aliphatic carbocycles. The van der Waals surface area contributed by atoms with E-state index in [9.17, 15) is 13.2 Å². The summed E-state index contributed by atoms with van der Waals surface area (Å²) in [5.41, 5.74) is 4.27.